The maximum absolute atomic E-state index is 4.42. The molecule has 1 atom stereocenters. The van der Waals surface area contributed by atoms with Gasteiger partial charge in [0.25, 0.3) is 0 Å². The molecule has 0 radical (unpaired) electrons. The first-order valence-electron chi connectivity index (χ1n) is 8.00. The van der Waals surface area contributed by atoms with Gasteiger partial charge in [-0.05, 0) is 63.8 Å². The van der Waals surface area contributed by atoms with E-state index >= 15 is 0 Å². The summed E-state index contributed by atoms with van der Waals surface area (Å²) in [5.74, 6) is 0.477. The highest BCUT2D eigenvalue weighted by molar-refractivity contribution is 5.91. The molecular formula is C20H28N2. The lowest BCUT2D eigenvalue weighted by atomic mass is 9.89. The van der Waals surface area contributed by atoms with E-state index in [4.69, 9.17) is 0 Å². The van der Waals surface area contributed by atoms with E-state index in [1.807, 2.05) is 6.21 Å². The number of hydrazone groups is 1. The molecule has 0 amide bonds. The predicted octanol–water partition coefficient (Wildman–Crippen LogP) is 5.17. The predicted molar refractivity (Wildman–Crippen MR) is 97.1 cm³/mol. The van der Waals surface area contributed by atoms with Gasteiger partial charge in [-0.2, -0.15) is 5.10 Å². The smallest absolute Gasteiger partial charge is 0.0546 e. The van der Waals surface area contributed by atoms with Crippen LogP contribution in [0, 0.1) is 5.92 Å². The van der Waals surface area contributed by atoms with Crippen LogP contribution in [0.1, 0.15) is 59.6 Å². The fraction of sp³-hybridized carbons (Fsp3) is 0.450. The van der Waals surface area contributed by atoms with Crippen molar-refractivity contribution < 1.29 is 0 Å². The van der Waals surface area contributed by atoms with Crippen LogP contribution in [-0.2, 0) is 0 Å². The van der Waals surface area contributed by atoms with Crippen LogP contribution < -0.4 is 5.43 Å². The molecule has 1 N–H and O–H groups in total. The molecule has 1 aromatic carbocycles. The average Bonchev–Trinajstić information content (AvgIpc) is 2.63. The summed E-state index contributed by atoms with van der Waals surface area (Å²) in [4.78, 5) is 0. The summed E-state index contributed by atoms with van der Waals surface area (Å²) in [7, 11) is 0. The molecule has 0 fully saturated rings. The first-order valence-corrected chi connectivity index (χ1v) is 8.00. The van der Waals surface area contributed by atoms with Crippen molar-refractivity contribution in [2.45, 2.75) is 54.0 Å². The number of hydrogen-bond donors (Lipinski definition) is 1. The molecule has 2 rings (SSSR count). The molecule has 0 saturated carbocycles. The van der Waals surface area contributed by atoms with Crippen LogP contribution in [0.3, 0.4) is 0 Å². The van der Waals surface area contributed by atoms with E-state index in [2.05, 4.69) is 83.3 Å². The Bertz CT molecular complexity index is 655. The van der Waals surface area contributed by atoms with E-state index in [0.29, 0.717) is 5.92 Å². The number of benzene rings is 1. The number of nitrogens with one attached hydrogen (secondary N) is 1. The SMILES string of the molecule is CC1=C(C)C(C)C(c2ccccc2/C=N/NC(C)(C)C)=C1C. The Morgan fingerprint density at radius 2 is 1.68 bits per heavy atom. The largest absolute Gasteiger partial charge is 0.305 e. The van der Waals surface area contributed by atoms with Gasteiger partial charge >= 0.3 is 0 Å². The highest BCUT2D eigenvalue weighted by Crippen LogP contribution is 2.42. The molecule has 0 saturated heterocycles. The molecule has 1 unspecified atom stereocenters. The monoisotopic (exact) mass is 296 g/mol. The summed E-state index contributed by atoms with van der Waals surface area (Å²) in [6.45, 7) is 15.3. The van der Waals surface area contributed by atoms with Gasteiger partial charge in [-0.1, -0.05) is 36.8 Å². The van der Waals surface area contributed by atoms with Gasteiger partial charge < -0.3 is 5.43 Å². The summed E-state index contributed by atoms with van der Waals surface area (Å²) in [6.07, 6.45) is 1.94. The highest BCUT2D eigenvalue weighted by atomic mass is 15.3. The van der Waals surface area contributed by atoms with Crippen molar-refractivity contribution in [3.8, 4) is 0 Å². The summed E-state index contributed by atoms with van der Waals surface area (Å²) in [6, 6.07) is 8.53. The van der Waals surface area contributed by atoms with Gasteiger partial charge in [0, 0.05) is 17.0 Å². The van der Waals surface area contributed by atoms with E-state index in [1.54, 1.807) is 0 Å². The van der Waals surface area contributed by atoms with Crippen LogP contribution in [0.25, 0.3) is 5.57 Å². The molecular weight excluding hydrogens is 268 g/mol. The van der Waals surface area contributed by atoms with Crippen LogP contribution in [0.5, 0.6) is 0 Å². The second-order valence-corrected chi connectivity index (χ2v) is 7.28. The van der Waals surface area contributed by atoms with Crippen LogP contribution in [-0.4, -0.2) is 11.8 Å². The molecule has 1 aromatic rings. The lowest BCUT2D eigenvalue weighted by Gasteiger charge is -2.18. The van der Waals surface area contributed by atoms with Crippen molar-refractivity contribution in [3.05, 3.63) is 52.1 Å². The summed E-state index contributed by atoms with van der Waals surface area (Å²) in [5, 5.41) is 4.42. The number of allylic oxidation sites excluding steroid dienone is 4. The Hall–Kier alpha value is -1.83. The third-order valence-corrected chi connectivity index (χ3v) is 4.50. The minimum Gasteiger partial charge on any atom is -0.305 e. The minimum absolute atomic E-state index is 0.0178. The zero-order chi connectivity index (χ0) is 16.5. The van der Waals surface area contributed by atoms with Crippen LogP contribution >= 0.6 is 0 Å². The van der Waals surface area contributed by atoms with Gasteiger partial charge in [0.05, 0.1) is 6.21 Å². The maximum atomic E-state index is 4.42. The third kappa shape index (κ3) is 3.32. The van der Waals surface area contributed by atoms with Gasteiger partial charge in [0.1, 0.15) is 0 Å². The molecule has 0 bridgehead atoms. The first kappa shape index (κ1) is 16.5. The fourth-order valence-corrected chi connectivity index (χ4v) is 2.95. The number of nitrogens with zero attached hydrogens (tertiary/aromatic N) is 1. The standard InChI is InChI=1S/C20H28N2/c1-13-14(2)16(4)19(15(13)3)18-11-9-8-10-17(18)12-21-22-20(5,6)7/h8-12,15,22H,1-7H3/b21-12+. The zero-order valence-electron chi connectivity index (χ0n) is 14.9. The molecule has 0 aromatic heterocycles. The van der Waals surface area contributed by atoms with Gasteiger partial charge in [0.15, 0.2) is 0 Å². The Morgan fingerprint density at radius 3 is 2.23 bits per heavy atom. The third-order valence-electron chi connectivity index (χ3n) is 4.50. The maximum Gasteiger partial charge on any atom is 0.0546 e. The zero-order valence-corrected chi connectivity index (χ0v) is 14.9. The summed E-state index contributed by atoms with van der Waals surface area (Å²) in [5.41, 5.74) is 11.4. The molecule has 1 aliphatic rings. The average molecular weight is 296 g/mol. The lowest BCUT2D eigenvalue weighted by molar-refractivity contribution is 0.442. The van der Waals surface area contributed by atoms with Gasteiger partial charge in [-0.3, -0.25) is 0 Å². The van der Waals surface area contributed by atoms with Crippen molar-refractivity contribution >= 4 is 11.8 Å². The van der Waals surface area contributed by atoms with E-state index in [-0.39, 0.29) is 5.54 Å². The Morgan fingerprint density at radius 1 is 1.05 bits per heavy atom. The molecule has 0 spiro atoms. The number of hydrogen-bond acceptors (Lipinski definition) is 2. The quantitative estimate of drug-likeness (QED) is 0.604. The number of rotatable bonds is 3. The molecule has 1 aliphatic carbocycles. The normalized spacial score (nSPS) is 19.5. The molecule has 2 heteroatoms. The van der Waals surface area contributed by atoms with E-state index in [0.717, 1.165) is 0 Å². The summed E-state index contributed by atoms with van der Waals surface area (Å²) < 4.78 is 0. The fourth-order valence-electron chi connectivity index (χ4n) is 2.95. The van der Waals surface area contributed by atoms with Gasteiger partial charge in [0.2, 0.25) is 0 Å². The van der Waals surface area contributed by atoms with Crippen molar-refractivity contribution in [2.75, 3.05) is 0 Å². The van der Waals surface area contributed by atoms with Crippen molar-refractivity contribution in [2.24, 2.45) is 11.0 Å². The van der Waals surface area contributed by atoms with Crippen molar-refractivity contribution in [3.63, 3.8) is 0 Å². The molecule has 22 heavy (non-hydrogen) atoms. The van der Waals surface area contributed by atoms with Crippen LogP contribution in [0.2, 0.25) is 0 Å². The van der Waals surface area contributed by atoms with Crippen LogP contribution in [0.15, 0.2) is 46.1 Å². The van der Waals surface area contributed by atoms with E-state index in [1.165, 1.54) is 33.4 Å². The molecule has 2 nitrogen and oxygen atoms in total. The van der Waals surface area contributed by atoms with Crippen molar-refractivity contribution in [1.82, 2.24) is 5.43 Å². The summed E-state index contributed by atoms with van der Waals surface area (Å²) >= 11 is 0. The molecule has 0 aliphatic heterocycles. The van der Waals surface area contributed by atoms with Gasteiger partial charge in [-0.15, -0.1) is 0 Å². The molecule has 118 valence electrons. The second-order valence-electron chi connectivity index (χ2n) is 7.28. The van der Waals surface area contributed by atoms with E-state index in [9.17, 15) is 0 Å². The first-order chi connectivity index (χ1) is 10.2. The second kappa shape index (κ2) is 6.12. The Kier molecular flexibility index (Phi) is 4.60. The molecule has 0 heterocycles. The van der Waals surface area contributed by atoms with E-state index < -0.39 is 0 Å². The minimum atomic E-state index is -0.0178. The lowest BCUT2D eigenvalue weighted by Crippen LogP contribution is -2.31. The van der Waals surface area contributed by atoms with Crippen molar-refractivity contribution in [1.29, 1.82) is 0 Å². The topological polar surface area (TPSA) is 24.4 Å². The Labute approximate surface area is 135 Å². The van der Waals surface area contributed by atoms with Gasteiger partial charge in [-0.25, -0.2) is 0 Å². The highest BCUT2D eigenvalue weighted by Gasteiger charge is 2.25. The van der Waals surface area contributed by atoms with Crippen LogP contribution in [0.4, 0.5) is 0 Å². The Balaban J connectivity index is 2.39.